The van der Waals surface area contributed by atoms with Gasteiger partial charge in [0.25, 0.3) is 0 Å². The van der Waals surface area contributed by atoms with Crippen molar-refractivity contribution in [3.8, 4) is 11.1 Å². The van der Waals surface area contributed by atoms with E-state index in [9.17, 15) is 9.18 Å². The van der Waals surface area contributed by atoms with Gasteiger partial charge in [-0.1, -0.05) is 19.1 Å². The Labute approximate surface area is 132 Å². The summed E-state index contributed by atoms with van der Waals surface area (Å²) < 4.78 is 14.0. The quantitative estimate of drug-likeness (QED) is 0.725. The molecule has 5 heteroatoms. The highest BCUT2D eigenvalue weighted by Crippen LogP contribution is 2.26. The van der Waals surface area contributed by atoms with Crippen molar-refractivity contribution in [1.29, 1.82) is 0 Å². The second-order valence-corrected chi connectivity index (χ2v) is 5.26. The number of hydrogen-bond acceptors (Lipinski definition) is 2. The Bertz CT molecular complexity index is 912. The lowest BCUT2D eigenvalue weighted by Gasteiger charge is -2.05. The number of hydrogen-bond donors (Lipinski definition) is 2. The number of halogens is 1. The Balaban J connectivity index is 2.07. The van der Waals surface area contributed by atoms with Crippen molar-refractivity contribution >= 4 is 23.0 Å². The van der Waals surface area contributed by atoms with Crippen LogP contribution < -0.4 is 5.73 Å². The lowest BCUT2D eigenvalue weighted by molar-refractivity contribution is -0.113. The number of primary amides is 1. The average molecular weight is 309 g/mol. The molecule has 0 saturated heterocycles. The van der Waals surface area contributed by atoms with E-state index in [4.69, 9.17) is 5.73 Å². The Morgan fingerprint density at radius 1 is 1.35 bits per heavy atom. The molecule has 0 aliphatic rings. The fourth-order valence-electron chi connectivity index (χ4n) is 2.50. The zero-order valence-electron chi connectivity index (χ0n) is 12.6. The van der Waals surface area contributed by atoms with Crippen molar-refractivity contribution in [2.75, 3.05) is 0 Å². The maximum atomic E-state index is 14.0. The predicted molar refractivity (Wildman–Crippen MR) is 89.1 cm³/mol. The van der Waals surface area contributed by atoms with Gasteiger partial charge >= 0.3 is 0 Å². The minimum atomic E-state index is -0.513. The fraction of sp³-hybridized carbons (Fsp3) is 0.111. The summed E-state index contributed by atoms with van der Waals surface area (Å²) in [5.74, 6) is -0.728. The largest absolute Gasteiger partial charge is 0.366 e. The normalized spacial score (nSPS) is 11.4. The zero-order valence-corrected chi connectivity index (χ0v) is 12.6. The number of pyridine rings is 1. The Morgan fingerprint density at radius 2 is 2.17 bits per heavy atom. The topological polar surface area (TPSA) is 71.8 Å². The van der Waals surface area contributed by atoms with Gasteiger partial charge in [0.1, 0.15) is 11.5 Å². The second kappa shape index (κ2) is 6.04. The number of H-pyrrole nitrogens is 1. The Hall–Kier alpha value is -2.95. The number of carbonyl (C=O) groups excluding carboxylic acids is 1. The molecule has 0 fully saturated rings. The highest BCUT2D eigenvalue weighted by Gasteiger charge is 2.08. The minimum Gasteiger partial charge on any atom is -0.366 e. The molecular weight excluding hydrogens is 293 g/mol. The first kappa shape index (κ1) is 15.0. The van der Waals surface area contributed by atoms with Crippen LogP contribution in [0.1, 0.15) is 18.1 Å². The fourth-order valence-corrected chi connectivity index (χ4v) is 2.50. The summed E-state index contributed by atoms with van der Waals surface area (Å²) in [5, 5.41) is 0.847. The molecule has 0 aliphatic carbocycles. The van der Waals surface area contributed by atoms with Crippen LogP contribution in [0.25, 0.3) is 28.2 Å². The monoisotopic (exact) mass is 309 g/mol. The van der Waals surface area contributed by atoms with Gasteiger partial charge in [-0.25, -0.2) is 9.37 Å². The number of nitrogens with zero attached hydrogens (tertiary/aromatic N) is 1. The van der Waals surface area contributed by atoms with Crippen LogP contribution in [0.4, 0.5) is 4.39 Å². The van der Waals surface area contributed by atoms with Crippen LogP contribution in [0.15, 0.2) is 42.7 Å². The van der Waals surface area contributed by atoms with Crippen molar-refractivity contribution in [2.45, 2.75) is 13.3 Å². The maximum absolute atomic E-state index is 14.0. The van der Waals surface area contributed by atoms with Gasteiger partial charge in [0.05, 0.1) is 0 Å². The maximum Gasteiger partial charge on any atom is 0.241 e. The van der Waals surface area contributed by atoms with E-state index < -0.39 is 5.91 Å². The van der Waals surface area contributed by atoms with Gasteiger partial charge in [0.2, 0.25) is 5.91 Å². The molecule has 0 atom stereocenters. The molecule has 23 heavy (non-hydrogen) atoms. The van der Waals surface area contributed by atoms with Crippen molar-refractivity contribution in [2.24, 2.45) is 5.73 Å². The summed E-state index contributed by atoms with van der Waals surface area (Å²) in [6, 6.07) is 7.11. The number of aryl methyl sites for hydroxylation is 1. The summed E-state index contributed by atoms with van der Waals surface area (Å²) in [4.78, 5) is 18.3. The average Bonchev–Trinajstić information content (AvgIpc) is 2.95. The number of benzene rings is 1. The third-order valence-electron chi connectivity index (χ3n) is 3.76. The van der Waals surface area contributed by atoms with E-state index in [1.54, 1.807) is 24.5 Å². The van der Waals surface area contributed by atoms with Gasteiger partial charge in [0.15, 0.2) is 0 Å². The smallest absolute Gasteiger partial charge is 0.241 e. The molecule has 1 amide bonds. The molecule has 4 nitrogen and oxygen atoms in total. The van der Waals surface area contributed by atoms with Crippen molar-refractivity contribution in [1.82, 2.24) is 9.97 Å². The lowest BCUT2D eigenvalue weighted by atomic mass is 10.0. The van der Waals surface area contributed by atoms with E-state index >= 15 is 0 Å². The second-order valence-electron chi connectivity index (χ2n) is 5.26. The lowest BCUT2D eigenvalue weighted by Crippen LogP contribution is -2.04. The van der Waals surface area contributed by atoms with Crippen molar-refractivity contribution < 1.29 is 9.18 Å². The first-order valence-electron chi connectivity index (χ1n) is 7.32. The molecular formula is C18H16FN3O. The number of nitrogens with two attached hydrogens (primary N) is 1. The van der Waals surface area contributed by atoms with E-state index in [0.29, 0.717) is 17.6 Å². The third kappa shape index (κ3) is 2.99. The summed E-state index contributed by atoms with van der Waals surface area (Å²) in [7, 11) is 0. The molecule has 0 spiro atoms. The number of fused-ring (bicyclic) bond motifs is 1. The summed E-state index contributed by atoms with van der Waals surface area (Å²) in [6.07, 6.45) is 7.03. The molecule has 0 bridgehead atoms. The van der Waals surface area contributed by atoms with Gasteiger partial charge in [-0.15, -0.1) is 0 Å². The van der Waals surface area contributed by atoms with Crippen LogP contribution in [0.5, 0.6) is 0 Å². The highest BCUT2D eigenvalue weighted by molar-refractivity contribution is 5.95. The highest BCUT2D eigenvalue weighted by atomic mass is 19.1. The van der Waals surface area contributed by atoms with E-state index in [2.05, 4.69) is 9.97 Å². The molecule has 0 unspecified atom stereocenters. The first-order valence-corrected chi connectivity index (χ1v) is 7.32. The van der Waals surface area contributed by atoms with Crippen LogP contribution in [0.2, 0.25) is 0 Å². The van der Waals surface area contributed by atoms with Gasteiger partial charge in [-0.05, 0) is 35.8 Å². The minimum absolute atomic E-state index is 0.215. The molecule has 3 rings (SSSR count). The summed E-state index contributed by atoms with van der Waals surface area (Å²) in [5.41, 5.74) is 8.89. The van der Waals surface area contributed by atoms with Crippen LogP contribution >= 0.6 is 0 Å². The first-order chi connectivity index (χ1) is 11.1. The van der Waals surface area contributed by atoms with E-state index in [1.807, 2.05) is 19.1 Å². The Kier molecular flexibility index (Phi) is 3.93. The molecule has 0 aliphatic heterocycles. The van der Waals surface area contributed by atoms with Crippen molar-refractivity contribution in [3.05, 3.63) is 59.7 Å². The number of aromatic nitrogens is 2. The molecule has 116 valence electrons. The molecule has 0 radical (unpaired) electrons. The van der Waals surface area contributed by atoms with Gasteiger partial charge in [0, 0.05) is 35.0 Å². The molecule has 3 N–H and O–H groups in total. The van der Waals surface area contributed by atoms with Gasteiger partial charge < -0.3 is 10.7 Å². The Morgan fingerprint density at radius 3 is 2.87 bits per heavy atom. The molecule has 0 saturated carbocycles. The number of carbonyl (C=O) groups is 1. The van der Waals surface area contributed by atoms with Crippen LogP contribution in [-0.4, -0.2) is 15.9 Å². The number of nitrogens with one attached hydrogen (secondary N) is 1. The zero-order chi connectivity index (χ0) is 16.4. The third-order valence-corrected chi connectivity index (χ3v) is 3.76. The number of aromatic amines is 1. The predicted octanol–water partition coefficient (Wildman–Crippen LogP) is 3.43. The van der Waals surface area contributed by atoms with E-state index in [1.165, 1.54) is 12.1 Å². The molecule has 2 aromatic heterocycles. The molecule has 2 heterocycles. The molecule has 1 aromatic carbocycles. The standard InChI is InChI=1S/C18H16FN3O/c1-2-11-3-4-12(8-16(11)19)14-7-15-13(5-6-17(20)23)9-21-18(15)22-10-14/h3-10H,2H2,1H3,(H2,20,23)(H,21,22)/b6-5+. The van der Waals surface area contributed by atoms with E-state index in [-0.39, 0.29) is 5.82 Å². The summed E-state index contributed by atoms with van der Waals surface area (Å²) >= 11 is 0. The summed E-state index contributed by atoms with van der Waals surface area (Å²) in [6.45, 7) is 1.92. The number of rotatable bonds is 4. The van der Waals surface area contributed by atoms with E-state index in [0.717, 1.165) is 22.1 Å². The van der Waals surface area contributed by atoms with Crippen LogP contribution in [-0.2, 0) is 11.2 Å². The van der Waals surface area contributed by atoms with Crippen molar-refractivity contribution in [3.63, 3.8) is 0 Å². The SMILES string of the molecule is CCc1ccc(-c2cnc3[nH]cc(/C=C/C(N)=O)c3c2)cc1F. The van der Waals surface area contributed by atoms with Crippen LogP contribution in [0, 0.1) is 5.82 Å². The molecule has 3 aromatic rings. The van der Waals surface area contributed by atoms with Crippen LogP contribution in [0.3, 0.4) is 0 Å². The van der Waals surface area contributed by atoms with Gasteiger partial charge in [-0.2, -0.15) is 0 Å². The number of amides is 1. The van der Waals surface area contributed by atoms with Gasteiger partial charge in [-0.3, -0.25) is 4.79 Å².